The molecule has 1 heterocycles. The van der Waals surface area contributed by atoms with Gasteiger partial charge in [-0.3, -0.25) is 0 Å². The van der Waals surface area contributed by atoms with E-state index in [4.69, 9.17) is 4.74 Å². The first-order valence-corrected chi connectivity index (χ1v) is 7.21. The molecule has 2 atom stereocenters. The fraction of sp³-hybridized carbons (Fsp3) is 1.00. The van der Waals surface area contributed by atoms with Crippen molar-refractivity contribution in [1.82, 2.24) is 10.2 Å². The van der Waals surface area contributed by atoms with Crippen molar-refractivity contribution in [2.45, 2.75) is 45.6 Å². The van der Waals surface area contributed by atoms with E-state index in [2.05, 4.69) is 24.1 Å². The van der Waals surface area contributed by atoms with E-state index in [-0.39, 0.29) is 0 Å². The van der Waals surface area contributed by atoms with Gasteiger partial charge in [0.15, 0.2) is 0 Å². The summed E-state index contributed by atoms with van der Waals surface area (Å²) in [6.07, 6.45) is 5.13. The van der Waals surface area contributed by atoms with Gasteiger partial charge in [-0.15, -0.1) is 0 Å². The Morgan fingerprint density at radius 3 is 2.88 bits per heavy atom. The summed E-state index contributed by atoms with van der Waals surface area (Å²) < 4.78 is 5.19. The molecule has 1 fully saturated rings. The Morgan fingerprint density at radius 2 is 2.29 bits per heavy atom. The summed E-state index contributed by atoms with van der Waals surface area (Å²) in [7, 11) is 1.79. The predicted molar refractivity (Wildman–Crippen MR) is 73.4 cm³/mol. The van der Waals surface area contributed by atoms with E-state index in [1.807, 2.05) is 0 Å². The number of rotatable bonds is 8. The molecule has 1 aliphatic rings. The molecule has 1 aliphatic heterocycles. The molecule has 0 amide bonds. The highest BCUT2D eigenvalue weighted by Crippen LogP contribution is 2.15. The summed E-state index contributed by atoms with van der Waals surface area (Å²) in [5.74, 6) is 0.847. The molecule has 1 N–H and O–H groups in total. The van der Waals surface area contributed by atoms with Gasteiger partial charge in [-0.2, -0.15) is 0 Å². The first kappa shape index (κ1) is 14.9. The molecule has 0 radical (unpaired) electrons. The van der Waals surface area contributed by atoms with Crippen molar-refractivity contribution in [2.75, 3.05) is 39.9 Å². The predicted octanol–water partition coefficient (Wildman–Crippen LogP) is 2.12. The second-order valence-electron chi connectivity index (χ2n) is 5.34. The molecule has 3 heteroatoms. The lowest BCUT2D eigenvalue weighted by Crippen LogP contribution is -2.42. The lowest BCUT2D eigenvalue weighted by Gasteiger charge is -2.34. The Bertz CT molecular complexity index is 181. The van der Waals surface area contributed by atoms with Crippen molar-refractivity contribution in [3.63, 3.8) is 0 Å². The fourth-order valence-electron chi connectivity index (χ4n) is 2.66. The zero-order valence-corrected chi connectivity index (χ0v) is 11.9. The smallest absolute Gasteiger partial charge is 0.0477 e. The van der Waals surface area contributed by atoms with Gasteiger partial charge in [0, 0.05) is 26.3 Å². The van der Waals surface area contributed by atoms with Crippen LogP contribution in [0.15, 0.2) is 0 Å². The van der Waals surface area contributed by atoms with Crippen molar-refractivity contribution in [1.29, 1.82) is 0 Å². The average Bonchev–Trinajstić information content (AvgIpc) is 2.36. The molecule has 0 aromatic carbocycles. The van der Waals surface area contributed by atoms with Gasteiger partial charge >= 0.3 is 0 Å². The summed E-state index contributed by atoms with van der Waals surface area (Å²) in [6.45, 7) is 10.4. The van der Waals surface area contributed by atoms with Gasteiger partial charge in [0.05, 0.1) is 0 Å². The first-order valence-electron chi connectivity index (χ1n) is 7.21. The Kier molecular flexibility index (Phi) is 7.82. The maximum atomic E-state index is 5.19. The lowest BCUT2D eigenvalue weighted by atomic mass is 9.98. The zero-order chi connectivity index (χ0) is 12.5. The Hall–Kier alpha value is -0.120. The zero-order valence-electron chi connectivity index (χ0n) is 11.9. The van der Waals surface area contributed by atoms with Crippen LogP contribution in [0.25, 0.3) is 0 Å². The molecule has 0 spiro atoms. The molecule has 2 unspecified atom stereocenters. The highest BCUT2D eigenvalue weighted by molar-refractivity contribution is 4.76. The third-order valence-corrected chi connectivity index (χ3v) is 3.77. The minimum absolute atomic E-state index is 0.650. The van der Waals surface area contributed by atoms with Crippen LogP contribution in [0.5, 0.6) is 0 Å². The third kappa shape index (κ3) is 5.84. The molecule has 0 aromatic rings. The van der Waals surface area contributed by atoms with Gasteiger partial charge in [-0.05, 0) is 58.2 Å². The van der Waals surface area contributed by atoms with E-state index in [1.54, 1.807) is 7.11 Å². The van der Waals surface area contributed by atoms with E-state index in [0.29, 0.717) is 6.04 Å². The van der Waals surface area contributed by atoms with Crippen molar-refractivity contribution in [2.24, 2.45) is 5.92 Å². The van der Waals surface area contributed by atoms with E-state index >= 15 is 0 Å². The van der Waals surface area contributed by atoms with Gasteiger partial charge in [-0.1, -0.05) is 6.92 Å². The normalized spacial score (nSPS) is 22.9. The number of nitrogens with zero attached hydrogens (tertiary/aromatic N) is 1. The van der Waals surface area contributed by atoms with Gasteiger partial charge in [0.25, 0.3) is 0 Å². The molecule has 102 valence electrons. The maximum absolute atomic E-state index is 5.19. The summed E-state index contributed by atoms with van der Waals surface area (Å²) in [6, 6.07) is 0.650. The lowest BCUT2D eigenvalue weighted by molar-refractivity contribution is 0.119. The van der Waals surface area contributed by atoms with Gasteiger partial charge in [0.1, 0.15) is 0 Å². The van der Waals surface area contributed by atoms with E-state index < -0.39 is 0 Å². The number of ether oxygens (including phenoxy) is 1. The molecular formula is C14H30N2O. The van der Waals surface area contributed by atoms with E-state index in [9.17, 15) is 0 Å². The Morgan fingerprint density at radius 1 is 1.47 bits per heavy atom. The van der Waals surface area contributed by atoms with Gasteiger partial charge in [-0.25, -0.2) is 0 Å². The SMILES string of the molecule is CCCN(CC1CCCNC1)C(C)CCOC. The van der Waals surface area contributed by atoms with Crippen molar-refractivity contribution in [3.8, 4) is 0 Å². The Balaban J connectivity index is 2.34. The van der Waals surface area contributed by atoms with Crippen molar-refractivity contribution < 1.29 is 4.74 Å². The van der Waals surface area contributed by atoms with E-state index in [1.165, 1.54) is 45.4 Å². The Labute approximate surface area is 107 Å². The van der Waals surface area contributed by atoms with Crippen LogP contribution in [0.3, 0.4) is 0 Å². The molecule has 0 aliphatic carbocycles. The monoisotopic (exact) mass is 242 g/mol. The highest BCUT2D eigenvalue weighted by atomic mass is 16.5. The van der Waals surface area contributed by atoms with Crippen molar-refractivity contribution in [3.05, 3.63) is 0 Å². The third-order valence-electron chi connectivity index (χ3n) is 3.77. The maximum Gasteiger partial charge on any atom is 0.0477 e. The van der Waals surface area contributed by atoms with E-state index in [0.717, 1.165) is 18.9 Å². The minimum Gasteiger partial charge on any atom is -0.385 e. The topological polar surface area (TPSA) is 24.5 Å². The number of hydrogen-bond donors (Lipinski definition) is 1. The number of hydrogen-bond acceptors (Lipinski definition) is 3. The largest absolute Gasteiger partial charge is 0.385 e. The standard InChI is InChI=1S/C14H30N2O/c1-4-9-16(13(2)7-10-17-3)12-14-6-5-8-15-11-14/h13-15H,4-12H2,1-3H3. The van der Waals surface area contributed by atoms with Crippen LogP contribution in [-0.2, 0) is 4.74 Å². The molecule has 1 saturated heterocycles. The molecule has 0 saturated carbocycles. The molecule has 17 heavy (non-hydrogen) atoms. The van der Waals surface area contributed by atoms with Crippen LogP contribution in [0.1, 0.15) is 39.5 Å². The fourth-order valence-corrected chi connectivity index (χ4v) is 2.66. The summed E-state index contributed by atoms with van der Waals surface area (Å²) in [4.78, 5) is 2.65. The van der Waals surface area contributed by atoms with Gasteiger partial charge < -0.3 is 15.0 Å². The second kappa shape index (κ2) is 8.90. The molecule has 3 nitrogen and oxygen atoms in total. The number of nitrogens with one attached hydrogen (secondary N) is 1. The van der Waals surface area contributed by atoms with Crippen LogP contribution >= 0.6 is 0 Å². The first-order chi connectivity index (χ1) is 8.27. The van der Waals surface area contributed by atoms with Crippen LogP contribution in [0, 0.1) is 5.92 Å². The molecular weight excluding hydrogens is 212 g/mol. The quantitative estimate of drug-likeness (QED) is 0.705. The van der Waals surface area contributed by atoms with Gasteiger partial charge in [0.2, 0.25) is 0 Å². The van der Waals surface area contributed by atoms with Crippen LogP contribution in [0.2, 0.25) is 0 Å². The minimum atomic E-state index is 0.650. The summed E-state index contributed by atoms with van der Waals surface area (Å²) in [5, 5.41) is 3.51. The highest BCUT2D eigenvalue weighted by Gasteiger charge is 2.19. The van der Waals surface area contributed by atoms with Crippen LogP contribution in [-0.4, -0.2) is 50.8 Å². The van der Waals surface area contributed by atoms with Crippen LogP contribution in [0.4, 0.5) is 0 Å². The number of piperidine rings is 1. The summed E-state index contributed by atoms with van der Waals surface area (Å²) >= 11 is 0. The van der Waals surface area contributed by atoms with Crippen molar-refractivity contribution >= 4 is 0 Å². The average molecular weight is 242 g/mol. The molecule has 0 bridgehead atoms. The number of methoxy groups -OCH3 is 1. The molecule has 1 rings (SSSR count). The summed E-state index contributed by atoms with van der Waals surface area (Å²) in [5.41, 5.74) is 0. The second-order valence-corrected chi connectivity index (χ2v) is 5.34. The van der Waals surface area contributed by atoms with Crippen LogP contribution < -0.4 is 5.32 Å². The molecule has 0 aromatic heterocycles.